The molecule has 0 saturated carbocycles. The van der Waals surface area contributed by atoms with Gasteiger partial charge < -0.3 is 15.4 Å². The summed E-state index contributed by atoms with van der Waals surface area (Å²) in [5.41, 5.74) is 1.76. The number of ether oxygens (including phenoxy) is 1. The van der Waals surface area contributed by atoms with Gasteiger partial charge in [0.05, 0.1) is 6.61 Å². The molecule has 1 heterocycles. The topological polar surface area (TPSA) is 76.1 Å². The predicted molar refractivity (Wildman–Crippen MR) is 91.3 cm³/mol. The van der Waals surface area contributed by atoms with E-state index in [0.29, 0.717) is 35.5 Å². The van der Waals surface area contributed by atoms with Crippen molar-refractivity contribution in [3.8, 4) is 0 Å². The lowest BCUT2D eigenvalue weighted by Crippen LogP contribution is -2.17. The highest BCUT2D eigenvalue weighted by atomic mass is 35.5. The van der Waals surface area contributed by atoms with Crippen LogP contribution < -0.4 is 10.6 Å². The van der Waals surface area contributed by atoms with Crippen LogP contribution in [0.4, 0.5) is 11.5 Å². The largest absolute Gasteiger partial charge is 0.383 e. The molecule has 1 aromatic heterocycles. The molecule has 6 nitrogen and oxygen atoms in total. The molecule has 0 aliphatic carbocycles. The number of rotatable bonds is 6. The van der Waals surface area contributed by atoms with E-state index in [-0.39, 0.29) is 11.6 Å². The van der Waals surface area contributed by atoms with Gasteiger partial charge >= 0.3 is 0 Å². The van der Waals surface area contributed by atoms with Gasteiger partial charge in [-0.1, -0.05) is 17.7 Å². The second-order valence-electron chi connectivity index (χ2n) is 4.97. The van der Waals surface area contributed by atoms with Crippen LogP contribution in [0.3, 0.4) is 0 Å². The minimum atomic E-state index is -0.310. The molecule has 0 saturated heterocycles. The molecule has 23 heavy (non-hydrogen) atoms. The van der Waals surface area contributed by atoms with Crippen molar-refractivity contribution in [2.24, 2.45) is 0 Å². The number of aryl methyl sites for hydroxylation is 1. The summed E-state index contributed by atoms with van der Waals surface area (Å²) in [6.45, 7) is 4.73. The van der Waals surface area contributed by atoms with Gasteiger partial charge in [-0.2, -0.15) is 0 Å². The van der Waals surface area contributed by atoms with E-state index in [1.165, 1.54) is 0 Å². The molecule has 2 rings (SSSR count). The monoisotopic (exact) mass is 334 g/mol. The first-order chi connectivity index (χ1) is 11.0. The Morgan fingerprint density at radius 1 is 1.30 bits per heavy atom. The van der Waals surface area contributed by atoms with Crippen molar-refractivity contribution in [2.75, 3.05) is 30.9 Å². The second-order valence-corrected chi connectivity index (χ2v) is 5.38. The van der Waals surface area contributed by atoms with Crippen molar-refractivity contribution >= 4 is 29.0 Å². The number of anilines is 2. The maximum Gasteiger partial charge on any atom is 0.274 e. The number of aromatic nitrogens is 2. The van der Waals surface area contributed by atoms with E-state index in [2.05, 4.69) is 20.6 Å². The smallest absolute Gasteiger partial charge is 0.274 e. The summed E-state index contributed by atoms with van der Waals surface area (Å²) >= 11 is 6.07. The molecule has 2 N–H and O–H groups in total. The van der Waals surface area contributed by atoms with E-state index in [4.69, 9.17) is 16.3 Å². The van der Waals surface area contributed by atoms with Gasteiger partial charge in [-0.15, -0.1) is 0 Å². The van der Waals surface area contributed by atoms with Crippen LogP contribution in [0.15, 0.2) is 24.3 Å². The standard InChI is InChI=1S/C16H19ClN4O2/c1-10-12(17)5-4-6-13(10)21-16(22)14-9-15(18-7-8-23-3)20-11(2)19-14/h4-6,9H,7-8H2,1-3H3,(H,21,22)(H,18,19,20). The Labute approximate surface area is 140 Å². The van der Waals surface area contributed by atoms with Crippen LogP contribution in [-0.2, 0) is 4.74 Å². The Morgan fingerprint density at radius 3 is 2.83 bits per heavy atom. The number of benzene rings is 1. The third-order valence-electron chi connectivity index (χ3n) is 3.20. The van der Waals surface area contributed by atoms with E-state index >= 15 is 0 Å². The highest BCUT2D eigenvalue weighted by Crippen LogP contribution is 2.23. The number of halogens is 1. The number of nitrogens with one attached hydrogen (secondary N) is 2. The Kier molecular flexibility index (Phi) is 5.90. The number of carbonyl (C=O) groups excluding carboxylic acids is 1. The first-order valence-electron chi connectivity index (χ1n) is 7.16. The molecule has 0 fully saturated rings. The van der Waals surface area contributed by atoms with E-state index in [9.17, 15) is 4.79 Å². The summed E-state index contributed by atoms with van der Waals surface area (Å²) in [5, 5.41) is 6.51. The van der Waals surface area contributed by atoms with Crippen molar-refractivity contribution in [3.63, 3.8) is 0 Å². The summed E-state index contributed by atoms with van der Waals surface area (Å²) in [7, 11) is 1.62. The van der Waals surface area contributed by atoms with Crippen LogP contribution in [0, 0.1) is 13.8 Å². The van der Waals surface area contributed by atoms with Crippen molar-refractivity contribution in [1.82, 2.24) is 9.97 Å². The van der Waals surface area contributed by atoms with Crippen LogP contribution >= 0.6 is 11.6 Å². The number of hydrogen-bond acceptors (Lipinski definition) is 5. The predicted octanol–water partition coefficient (Wildman–Crippen LogP) is 3.06. The van der Waals surface area contributed by atoms with Gasteiger partial charge in [0.15, 0.2) is 0 Å². The Hall–Kier alpha value is -2.18. The Balaban J connectivity index is 2.17. The lowest BCUT2D eigenvalue weighted by atomic mass is 10.2. The van der Waals surface area contributed by atoms with Gasteiger partial charge in [0.2, 0.25) is 0 Å². The van der Waals surface area contributed by atoms with E-state index in [0.717, 1.165) is 5.56 Å². The molecule has 0 radical (unpaired) electrons. The maximum absolute atomic E-state index is 12.4. The number of methoxy groups -OCH3 is 1. The van der Waals surface area contributed by atoms with Crippen LogP contribution in [0.1, 0.15) is 21.9 Å². The van der Waals surface area contributed by atoms with E-state index < -0.39 is 0 Å². The molecule has 0 aliphatic rings. The fourth-order valence-corrected chi connectivity index (χ4v) is 2.16. The molecular weight excluding hydrogens is 316 g/mol. The number of amides is 1. The molecule has 0 bridgehead atoms. The van der Waals surface area contributed by atoms with Crippen LogP contribution in [0.25, 0.3) is 0 Å². The fraction of sp³-hybridized carbons (Fsp3) is 0.312. The minimum absolute atomic E-state index is 0.289. The molecule has 0 unspecified atom stereocenters. The third kappa shape index (κ3) is 4.64. The molecule has 0 atom stereocenters. The first kappa shape index (κ1) is 17.2. The summed E-state index contributed by atoms with van der Waals surface area (Å²) in [6.07, 6.45) is 0. The highest BCUT2D eigenvalue weighted by Gasteiger charge is 2.12. The van der Waals surface area contributed by atoms with Crippen molar-refractivity contribution in [1.29, 1.82) is 0 Å². The Bertz CT molecular complexity index is 706. The summed E-state index contributed by atoms with van der Waals surface area (Å²) in [4.78, 5) is 20.8. The molecular formula is C16H19ClN4O2. The number of nitrogens with zero attached hydrogens (tertiary/aromatic N) is 2. The van der Waals surface area contributed by atoms with Crippen LogP contribution in [0.2, 0.25) is 5.02 Å². The van der Waals surface area contributed by atoms with Gasteiger partial charge in [-0.3, -0.25) is 4.79 Å². The normalized spacial score (nSPS) is 10.4. The SMILES string of the molecule is COCCNc1cc(C(=O)Nc2cccc(Cl)c2C)nc(C)n1. The van der Waals surface area contributed by atoms with Gasteiger partial charge in [-0.05, 0) is 31.5 Å². The number of hydrogen-bond donors (Lipinski definition) is 2. The van der Waals surface area contributed by atoms with Crippen molar-refractivity contribution < 1.29 is 9.53 Å². The lowest BCUT2D eigenvalue weighted by molar-refractivity contribution is 0.102. The molecule has 0 aliphatic heterocycles. The molecule has 7 heteroatoms. The molecule has 1 amide bonds. The molecule has 0 spiro atoms. The quantitative estimate of drug-likeness (QED) is 0.794. The zero-order valence-electron chi connectivity index (χ0n) is 13.3. The minimum Gasteiger partial charge on any atom is -0.383 e. The zero-order chi connectivity index (χ0) is 16.8. The van der Waals surface area contributed by atoms with Gasteiger partial charge in [0.1, 0.15) is 17.3 Å². The zero-order valence-corrected chi connectivity index (χ0v) is 14.1. The van der Waals surface area contributed by atoms with Gasteiger partial charge in [0.25, 0.3) is 5.91 Å². The summed E-state index contributed by atoms with van der Waals surface area (Å²) in [5.74, 6) is 0.790. The molecule has 1 aromatic carbocycles. The molecule has 2 aromatic rings. The maximum atomic E-state index is 12.4. The van der Waals surface area contributed by atoms with Crippen LogP contribution in [-0.4, -0.2) is 36.1 Å². The number of carbonyl (C=O) groups is 1. The van der Waals surface area contributed by atoms with Gasteiger partial charge in [-0.25, -0.2) is 9.97 Å². The summed E-state index contributed by atoms with van der Waals surface area (Å²) in [6, 6.07) is 6.97. The second kappa shape index (κ2) is 7.89. The fourth-order valence-electron chi connectivity index (χ4n) is 1.98. The average molecular weight is 335 g/mol. The summed E-state index contributed by atoms with van der Waals surface area (Å²) < 4.78 is 4.98. The van der Waals surface area contributed by atoms with Crippen LogP contribution in [0.5, 0.6) is 0 Å². The van der Waals surface area contributed by atoms with Crippen molar-refractivity contribution in [3.05, 3.63) is 46.4 Å². The highest BCUT2D eigenvalue weighted by molar-refractivity contribution is 6.31. The van der Waals surface area contributed by atoms with E-state index in [1.807, 2.05) is 6.92 Å². The van der Waals surface area contributed by atoms with Crippen molar-refractivity contribution in [2.45, 2.75) is 13.8 Å². The Morgan fingerprint density at radius 2 is 2.09 bits per heavy atom. The van der Waals surface area contributed by atoms with Gasteiger partial charge in [0, 0.05) is 30.4 Å². The third-order valence-corrected chi connectivity index (χ3v) is 3.61. The van der Waals surface area contributed by atoms with E-state index in [1.54, 1.807) is 38.3 Å². The average Bonchev–Trinajstić information content (AvgIpc) is 2.51. The lowest BCUT2D eigenvalue weighted by Gasteiger charge is -2.11. The first-order valence-corrected chi connectivity index (χ1v) is 7.54. The molecule has 122 valence electrons.